The number of nitrogens with zero attached hydrogens (tertiary/aromatic N) is 3. The van der Waals surface area contributed by atoms with E-state index in [-0.39, 0.29) is 17.9 Å². The fourth-order valence-corrected chi connectivity index (χ4v) is 2.80. The molecule has 0 bridgehead atoms. The molecule has 6 heteroatoms. The number of ether oxygens (including phenoxy) is 1. The first-order valence-corrected chi connectivity index (χ1v) is 7.54. The van der Waals surface area contributed by atoms with Crippen LogP contribution >= 0.6 is 0 Å². The summed E-state index contributed by atoms with van der Waals surface area (Å²) in [7, 11) is 1.96. The summed E-state index contributed by atoms with van der Waals surface area (Å²) < 4.78 is 7.88. The molecule has 1 aliphatic rings. The zero-order valence-corrected chi connectivity index (χ0v) is 12.6. The lowest BCUT2D eigenvalue weighted by Gasteiger charge is -2.31. The monoisotopic (exact) mass is 300 g/mol. The lowest BCUT2D eigenvalue weighted by molar-refractivity contribution is -0.0337. The summed E-state index contributed by atoms with van der Waals surface area (Å²) in [6, 6.07) is 5.31. The minimum atomic E-state index is -0.148. The van der Waals surface area contributed by atoms with Gasteiger partial charge in [0, 0.05) is 44.7 Å². The number of hydrogen-bond acceptors (Lipinski definition) is 4. The van der Waals surface area contributed by atoms with E-state index in [0.717, 1.165) is 25.3 Å². The highest BCUT2D eigenvalue weighted by Crippen LogP contribution is 2.32. The third kappa shape index (κ3) is 3.17. The van der Waals surface area contributed by atoms with E-state index in [1.807, 2.05) is 23.9 Å². The number of amides is 1. The number of aromatic nitrogens is 3. The number of nitrogens with one attached hydrogen (secondary N) is 1. The molecule has 1 aliphatic heterocycles. The summed E-state index contributed by atoms with van der Waals surface area (Å²) in [6.07, 6.45) is 7.26. The van der Waals surface area contributed by atoms with Gasteiger partial charge in [0.25, 0.3) is 5.91 Å². The number of carbonyl (C=O) groups is 1. The van der Waals surface area contributed by atoms with Gasteiger partial charge in [-0.05, 0) is 25.0 Å². The van der Waals surface area contributed by atoms with Gasteiger partial charge in [-0.2, -0.15) is 0 Å². The average Bonchev–Trinajstić information content (AvgIpc) is 2.99. The average molecular weight is 300 g/mol. The normalized spacial score (nSPS) is 21.5. The van der Waals surface area contributed by atoms with Crippen LogP contribution in [-0.2, 0) is 11.8 Å². The Morgan fingerprint density at radius 2 is 2.32 bits per heavy atom. The molecule has 6 nitrogen and oxygen atoms in total. The number of rotatable bonds is 4. The molecule has 0 unspecified atom stereocenters. The van der Waals surface area contributed by atoms with Crippen molar-refractivity contribution >= 4 is 5.91 Å². The molecule has 1 N–H and O–H groups in total. The Morgan fingerprint density at radius 1 is 1.41 bits per heavy atom. The largest absolute Gasteiger partial charge is 0.370 e. The summed E-state index contributed by atoms with van der Waals surface area (Å²) in [5.74, 6) is 0.990. The molecule has 22 heavy (non-hydrogen) atoms. The molecule has 2 aromatic heterocycles. The first-order valence-electron chi connectivity index (χ1n) is 7.54. The molecular formula is C16H20N4O2. The topological polar surface area (TPSA) is 69.0 Å². The molecule has 0 aromatic carbocycles. The molecule has 0 aliphatic carbocycles. The highest BCUT2D eigenvalue weighted by atomic mass is 16.5. The van der Waals surface area contributed by atoms with E-state index in [1.165, 1.54) is 0 Å². The van der Waals surface area contributed by atoms with E-state index in [4.69, 9.17) is 4.74 Å². The van der Waals surface area contributed by atoms with Crippen LogP contribution in [0.1, 0.15) is 35.3 Å². The Morgan fingerprint density at radius 3 is 3.05 bits per heavy atom. The van der Waals surface area contributed by atoms with E-state index in [9.17, 15) is 4.79 Å². The number of carbonyl (C=O) groups excluding carboxylic acids is 1. The molecule has 116 valence electrons. The van der Waals surface area contributed by atoms with Crippen LogP contribution < -0.4 is 5.32 Å². The van der Waals surface area contributed by atoms with Gasteiger partial charge in [0.1, 0.15) is 17.6 Å². The molecule has 3 rings (SSSR count). The Kier molecular flexibility index (Phi) is 4.48. The second-order valence-corrected chi connectivity index (χ2v) is 5.52. The third-order valence-corrected chi connectivity index (χ3v) is 3.98. The van der Waals surface area contributed by atoms with Crippen LogP contribution in [0.4, 0.5) is 0 Å². The van der Waals surface area contributed by atoms with Crippen molar-refractivity contribution in [1.82, 2.24) is 19.9 Å². The van der Waals surface area contributed by atoms with E-state index < -0.39 is 0 Å². The van der Waals surface area contributed by atoms with Gasteiger partial charge in [-0.25, -0.2) is 4.98 Å². The van der Waals surface area contributed by atoms with Crippen LogP contribution in [-0.4, -0.2) is 33.6 Å². The number of aryl methyl sites for hydroxylation is 1. The van der Waals surface area contributed by atoms with Crippen LogP contribution in [0.5, 0.6) is 0 Å². The van der Waals surface area contributed by atoms with Gasteiger partial charge in [0.15, 0.2) is 0 Å². The van der Waals surface area contributed by atoms with E-state index in [1.54, 1.807) is 24.5 Å². The van der Waals surface area contributed by atoms with Crippen LogP contribution in [0, 0.1) is 5.92 Å². The molecule has 2 atom stereocenters. The van der Waals surface area contributed by atoms with E-state index in [2.05, 4.69) is 15.3 Å². The molecule has 0 saturated carbocycles. The second kappa shape index (κ2) is 6.70. The van der Waals surface area contributed by atoms with E-state index in [0.29, 0.717) is 12.2 Å². The molecular weight excluding hydrogens is 280 g/mol. The van der Waals surface area contributed by atoms with Gasteiger partial charge in [0.2, 0.25) is 0 Å². The first-order chi connectivity index (χ1) is 10.8. The lowest BCUT2D eigenvalue weighted by atomic mass is 9.93. The zero-order valence-electron chi connectivity index (χ0n) is 12.6. The Balaban J connectivity index is 1.65. The van der Waals surface area contributed by atoms with Gasteiger partial charge in [0.05, 0.1) is 0 Å². The quantitative estimate of drug-likeness (QED) is 0.933. The van der Waals surface area contributed by atoms with E-state index >= 15 is 0 Å². The third-order valence-electron chi connectivity index (χ3n) is 3.98. The molecule has 1 saturated heterocycles. The Hall–Kier alpha value is -2.21. The maximum Gasteiger partial charge on any atom is 0.269 e. The minimum absolute atomic E-state index is 0.0715. The number of pyridine rings is 1. The maximum atomic E-state index is 12.1. The predicted molar refractivity (Wildman–Crippen MR) is 81.2 cm³/mol. The zero-order chi connectivity index (χ0) is 15.4. The van der Waals surface area contributed by atoms with Crippen molar-refractivity contribution in [2.45, 2.75) is 18.9 Å². The smallest absolute Gasteiger partial charge is 0.269 e. The SMILES string of the molecule is Cn1ccnc1[C@@H]1OCCC[C@H]1CNC(=O)c1ccccn1. The molecule has 0 radical (unpaired) electrons. The molecule has 0 spiro atoms. The van der Waals surface area contributed by atoms with Crippen molar-refractivity contribution in [2.75, 3.05) is 13.2 Å². The van der Waals surface area contributed by atoms with Crippen molar-refractivity contribution in [2.24, 2.45) is 13.0 Å². The van der Waals surface area contributed by atoms with Crippen molar-refractivity contribution in [3.05, 3.63) is 48.3 Å². The molecule has 3 heterocycles. The molecule has 1 fully saturated rings. The van der Waals surface area contributed by atoms with Crippen LogP contribution in [0.3, 0.4) is 0 Å². The highest BCUT2D eigenvalue weighted by molar-refractivity contribution is 5.92. The Bertz CT molecular complexity index is 626. The number of hydrogen-bond donors (Lipinski definition) is 1. The van der Waals surface area contributed by atoms with Crippen molar-refractivity contribution in [3.63, 3.8) is 0 Å². The first kappa shape index (κ1) is 14.7. The number of imidazole rings is 1. The van der Waals surface area contributed by atoms with Gasteiger partial charge in [-0.1, -0.05) is 6.07 Å². The summed E-state index contributed by atoms with van der Waals surface area (Å²) in [5, 5.41) is 2.96. The summed E-state index contributed by atoms with van der Waals surface area (Å²) in [6.45, 7) is 1.30. The van der Waals surface area contributed by atoms with Crippen molar-refractivity contribution in [1.29, 1.82) is 0 Å². The minimum Gasteiger partial charge on any atom is -0.370 e. The van der Waals surface area contributed by atoms with Crippen LogP contribution in [0.2, 0.25) is 0 Å². The van der Waals surface area contributed by atoms with Crippen LogP contribution in [0.25, 0.3) is 0 Å². The van der Waals surface area contributed by atoms with Gasteiger partial charge < -0.3 is 14.6 Å². The summed E-state index contributed by atoms with van der Waals surface area (Å²) in [4.78, 5) is 20.6. The fraction of sp³-hybridized carbons (Fsp3) is 0.438. The van der Waals surface area contributed by atoms with Gasteiger partial charge in [-0.3, -0.25) is 9.78 Å². The molecule has 2 aromatic rings. The predicted octanol–water partition coefficient (Wildman–Crippen LogP) is 1.71. The van der Waals surface area contributed by atoms with Gasteiger partial charge >= 0.3 is 0 Å². The molecule has 1 amide bonds. The highest BCUT2D eigenvalue weighted by Gasteiger charge is 2.30. The Labute approximate surface area is 129 Å². The summed E-state index contributed by atoms with van der Waals surface area (Å²) in [5.41, 5.74) is 0.438. The fourth-order valence-electron chi connectivity index (χ4n) is 2.80. The van der Waals surface area contributed by atoms with Crippen molar-refractivity contribution < 1.29 is 9.53 Å². The van der Waals surface area contributed by atoms with Gasteiger partial charge in [-0.15, -0.1) is 0 Å². The van der Waals surface area contributed by atoms with Crippen molar-refractivity contribution in [3.8, 4) is 0 Å². The second-order valence-electron chi connectivity index (χ2n) is 5.52. The summed E-state index contributed by atoms with van der Waals surface area (Å²) >= 11 is 0. The van der Waals surface area contributed by atoms with Crippen LogP contribution in [0.15, 0.2) is 36.8 Å². The maximum absolute atomic E-state index is 12.1. The standard InChI is InChI=1S/C16H20N4O2/c1-20-9-8-18-15(20)14-12(5-4-10-22-14)11-19-16(21)13-6-2-3-7-17-13/h2-3,6-9,12,14H,4-5,10-11H2,1H3,(H,19,21)/t12-,14+/m0/s1. The lowest BCUT2D eigenvalue weighted by Crippen LogP contribution is -2.36.